The number of nitrogens with zero attached hydrogens (tertiary/aromatic N) is 1. The summed E-state index contributed by atoms with van der Waals surface area (Å²) in [7, 11) is -3.64. The van der Waals surface area contributed by atoms with Crippen LogP contribution < -0.4 is 5.32 Å². The van der Waals surface area contributed by atoms with Crippen LogP contribution in [0.25, 0.3) is 0 Å². The first kappa shape index (κ1) is 24.7. The molecule has 1 saturated heterocycles. The number of piperidine rings is 1. The van der Waals surface area contributed by atoms with Crippen molar-refractivity contribution in [1.29, 1.82) is 0 Å². The number of amides is 1. The summed E-state index contributed by atoms with van der Waals surface area (Å²) in [5.74, 6) is -0.355. The molecule has 0 saturated carbocycles. The van der Waals surface area contributed by atoms with Gasteiger partial charge in [-0.15, -0.1) is 0 Å². The molecule has 0 bridgehead atoms. The van der Waals surface area contributed by atoms with Crippen molar-refractivity contribution in [2.24, 2.45) is 5.92 Å². The highest BCUT2D eigenvalue weighted by molar-refractivity contribution is 7.89. The second kappa shape index (κ2) is 10.8. The van der Waals surface area contributed by atoms with Gasteiger partial charge in [0.05, 0.1) is 14.9 Å². The minimum atomic E-state index is -3.64. The number of carbonyl (C=O) groups is 2. The number of halogens is 2. The SMILES string of the molecule is CC(=O)c1ccc(S(=O)(=O)N2CCC(C(=O)NCCCc3ccc(Cl)c(Cl)c3)CC2)cc1. The van der Waals surface area contributed by atoms with Gasteiger partial charge in [-0.05, 0) is 62.4 Å². The van der Waals surface area contributed by atoms with Gasteiger partial charge in [-0.25, -0.2) is 8.42 Å². The molecule has 9 heteroatoms. The maximum atomic E-state index is 12.9. The van der Waals surface area contributed by atoms with Crippen LogP contribution in [0.3, 0.4) is 0 Å². The van der Waals surface area contributed by atoms with E-state index in [0.29, 0.717) is 35.0 Å². The Morgan fingerprint density at radius 3 is 2.28 bits per heavy atom. The van der Waals surface area contributed by atoms with E-state index in [2.05, 4.69) is 5.32 Å². The highest BCUT2D eigenvalue weighted by Crippen LogP contribution is 2.25. The average Bonchev–Trinajstić information content (AvgIpc) is 2.79. The number of Topliss-reactive ketones (excluding diaryl/α,β-unsaturated/α-hetero) is 1. The Morgan fingerprint density at radius 1 is 1.03 bits per heavy atom. The smallest absolute Gasteiger partial charge is 0.243 e. The van der Waals surface area contributed by atoms with E-state index in [-0.39, 0.29) is 35.6 Å². The molecule has 1 N–H and O–H groups in total. The van der Waals surface area contributed by atoms with E-state index in [1.165, 1.54) is 35.5 Å². The number of aryl methyl sites for hydroxylation is 1. The van der Waals surface area contributed by atoms with Crippen LogP contribution in [0.15, 0.2) is 47.4 Å². The highest BCUT2D eigenvalue weighted by Gasteiger charge is 2.32. The monoisotopic (exact) mass is 496 g/mol. The quantitative estimate of drug-likeness (QED) is 0.434. The third-order valence-electron chi connectivity index (χ3n) is 5.65. The molecule has 0 aliphatic carbocycles. The Bertz CT molecular complexity index is 1080. The second-order valence-electron chi connectivity index (χ2n) is 7.90. The molecule has 172 valence electrons. The van der Waals surface area contributed by atoms with Crippen molar-refractivity contribution < 1.29 is 18.0 Å². The van der Waals surface area contributed by atoms with Crippen molar-refractivity contribution in [1.82, 2.24) is 9.62 Å². The molecule has 0 radical (unpaired) electrons. The standard InChI is InChI=1S/C23H26Cl2N2O4S/c1-16(28)18-5-7-20(8-6-18)32(30,31)27-13-10-19(11-14-27)23(29)26-12-2-3-17-4-9-21(24)22(25)15-17/h4-9,15,19H,2-3,10-14H2,1H3,(H,26,29). The summed E-state index contributed by atoms with van der Waals surface area (Å²) in [6.07, 6.45) is 2.50. The third kappa shape index (κ3) is 6.10. The predicted molar refractivity (Wildman–Crippen MR) is 126 cm³/mol. The van der Waals surface area contributed by atoms with Crippen molar-refractivity contribution >= 4 is 44.9 Å². The van der Waals surface area contributed by atoms with Crippen molar-refractivity contribution in [2.75, 3.05) is 19.6 Å². The number of ketones is 1. The van der Waals surface area contributed by atoms with Gasteiger partial charge in [-0.2, -0.15) is 4.31 Å². The van der Waals surface area contributed by atoms with Crippen LogP contribution in [0.4, 0.5) is 0 Å². The molecule has 2 aromatic carbocycles. The third-order valence-corrected chi connectivity index (χ3v) is 8.30. The van der Waals surface area contributed by atoms with Gasteiger partial charge in [-0.1, -0.05) is 41.4 Å². The maximum absolute atomic E-state index is 12.9. The van der Waals surface area contributed by atoms with Gasteiger partial charge in [-0.3, -0.25) is 9.59 Å². The van der Waals surface area contributed by atoms with E-state index in [1.54, 1.807) is 6.07 Å². The minimum absolute atomic E-state index is 0.0398. The Morgan fingerprint density at radius 2 is 1.69 bits per heavy atom. The first-order valence-electron chi connectivity index (χ1n) is 10.5. The highest BCUT2D eigenvalue weighted by atomic mass is 35.5. The number of hydrogen-bond donors (Lipinski definition) is 1. The Kier molecular flexibility index (Phi) is 8.33. The normalized spacial score (nSPS) is 15.5. The first-order chi connectivity index (χ1) is 15.2. The maximum Gasteiger partial charge on any atom is 0.243 e. The summed E-state index contributed by atoms with van der Waals surface area (Å²) < 4.78 is 27.1. The fraction of sp³-hybridized carbons (Fsp3) is 0.391. The molecular formula is C23H26Cl2N2O4S. The summed E-state index contributed by atoms with van der Waals surface area (Å²) >= 11 is 11.9. The van der Waals surface area contributed by atoms with E-state index in [0.717, 1.165) is 18.4 Å². The summed E-state index contributed by atoms with van der Waals surface area (Å²) in [6, 6.07) is 11.5. The molecular weight excluding hydrogens is 471 g/mol. The number of rotatable bonds is 8. The number of hydrogen-bond acceptors (Lipinski definition) is 4. The fourth-order valence-corrected chi connectivity index (χ4v) is 5.50. The van der Waals surface area contributed by atoms with Crippen molar-refractivity contribution in [3.8, 4) is 0 Å². The summed E-state index contributed by atoms with van der Waals surface area (Å²) in [4.78, 5) is 24.0. The van der Waals surface area contributed by atoms with Gasteiger partial charge in [0.15, 0.2) is 5.78 Å². The molecule has 6 nitrogen and oxygen atoms in total. The predicted octanol–water partition coefficient (Wildman–Crippen LogP) is 4.35. The van der Waals surface area contributed by atoms with Crippen LogP contribution in [-0.2, 0) is 21.2 Å². The lowest BCUT2D eigenvalue weighted by Crippen LogP contribution is -2.43. The Balaban J connectivity index is 1.45. The zero-order chi connectivity index (χ0) is 23.3. The number of carbonyl (C=O) groups excluding carboxylic acids is 2. The molecule has 32 heavy (non-hydrogen) atoms. The number of sulfonamides is 1. The van der Waals surface area contributed by atoms with Crippen LogP contribution >= 0.6 is 23.2 Å². The van der Waals surface area contributed by atoms with Crippen LogP contribution in [0.5, 0.6) is 0 Å². The average molecular weight is 497 g/mol. The van der Waals surface area contributed by atoms with E-state index in [1.807, 2.05) is 12.1 Å². The molecule has 1 heterocycles. The Labute approximate surface area is 198 Å². The zero-order valence-electron chi connectivity index (χ0n) is 17.8. The lowest BCUT2D eigenvalue weighted by molar-refractivity contribution is -0.126. The molecule has 1 aliphatic heterocycles. The Hall–Kier alpha value is -1.93. The lowest BCUT2D eigenvalue weighted by atomic mass is 9.97. The van der Waals surface area contributed by atoms with E-state index < -0.39 is 10.0 Å². The van der Waals surface area contributed by atoms with Gasteiger partial charge < -0.3 is 5.32 Å². The van der Waals surface area contributed by atoms with Gasteiger partial charge in [0, 0.05) is 31.1 Å². The summed E-state index contributed by atoms with van der Waals surface area (Å²) in [5, 5.41) is 3.99. The van der Waals surface area contributed by atoms with Crippen LogP contribution in [0.1, 0.15) is 42.1 Å². The van der Waals surface area contributed by atoms with Gasteiger partial charge in [0.25, 0.3) is 0 Å². The van der Waals surface area contributed by atoms with Gasteiger partial charge >= 0.3 is 0 Å². The van der Waals surface area contributed by atoms with Gasteiger partial charge in [0.1, 0.15) is 0 Å². The van der Waals surface area contributed by atoms with E-state index >= 15 is 0 Å². The molecule has 1 amide bonds. The van der Waals surface area contributed by atoms with Crippen molar-refractivity contribution in [3.63, 3.8) is 0 Å². The van der Waals surface area contributed by atoms with E-state index in [9.17, 15) is 18.0 Å². The van der Waals surface area contributed by atoms with Crippen LogP contribution in [0, 0.1) is 5.92 Å². The largest absolute Gasteiger partial charge is 0.356 e. The summed E-state index contributed by atoms with van der Waals surface area (Å²) in [6.45, 7) is 2.56. The topological polar surface area (TPSA) is 83.6 Å². The van der Waals surface area contributed by atoms with Crippen LogP contribution in [0.2, 0.25) is 10.0 Å². The van der Waals surface area contributed by atoms with Crippen molar-refractivity contribution in [3.05, 3.63) is 63.6 Å². The fourth-order valence-electron chi connectivity index (χ4n) is 3.71. The number of nitrogens with one attached hydrogen (secondary N) is 1. The van der Waals surface area contributed by atoms with Crippen LogP contribution in [-0.4, -0.2) is 44.0 Å². The number of benzene rings is 2. The molecule has 0 unspecified atom stereocenters. The lowest BCUT2D eigenvalue weighted by Gasteiger charge is -2.30. The molecule has 1 fully saturated rings. The molecule has 1 aliphatic rings. The van der Waals surface area contributed by atoms with Gasteiger partial charge in [0.2, 0.25) is 15.9 Å². The molecule has 0 spiro atoms. The zero-order valence-corrected chi connectivity index (χ0v) is 20.1. The molecule has 0 aromatic heterocycles. The van der Waals surface area contributed by atoms with E-state index in [4.69, 9.17) is 23.2 Å². The summed E-state index contributed by atoms with van der Waals surface area (Å²) in [5.41, 5.74) is 1.53. The minimum Gasteiger partial charge on any atom is -0.356 e. The molecule has 3 rings (SSSR count). The first-order valence-corrected chi connectivity index (χ1v) is 12.7. The molecule has 0 atom stereocenters. The molecule has 2 aromatic rings. The second-order valence-corrected chi connectivity index (χ2v) is 10.7. The van der Waals surface area contributed by atoms with Crippen molar-refractivity contribution in [2.45, 2.75) is 37.5 Å².